The fourth-order valence-electron chi connectivity index (χ4n) is 9.14. The van der Waals surface area contributed by atoms with Crippen molar-refractivity contribution in [3.8, 4) is 22.3 Å². The highest BCUT2D eigenvalue weighted by Gasteiger charge is 2.46. The molecular weight excluding hydrogens is 744 g/mol. The zero-order valence-electron chi connectivity index (χ0n) is 37.0. The third-order valence-electron chi connectivity index (χ3n) is 11.8. The SMILES string of the molecule is [2H]c1c([2H])c([2H])c(-c2cc3c4c(c2)N(c2cccc5ccoc25)c2c(sc5ccc(-c6ccccc6)cc25)B4c2cc(C(C)(C)C)ccc2N3c2cccc3sccc23)c([2H])c1[2H]. The van der Waals surface area contributed by atoms with Gasteiger partial charge in [-0.15, -0.1) is 22.7 Å². The van der Waals surface area contributed by atoms with Crippen LogP contribution in [0.25, 0.3) is 53.4 Å². The molecule has 0 spiro atoms. The first-order valence-corrected chi connectivity index (χ1v) is 21.2. The molecule has 0 saturated carbocycles. The third kappa shape index (κ3) is 4.98. The lowest BCUT2D eigenvalue weighted by molar-refractivity contribution is 0.591. The average Bonchev–Trinajstić information content (AvgIpc) is 4.07. The first-order chi connectivity index (χ1) is 30.5. The second kappa shape index (κ2) is 12.6. The van der Waals surface area contributed by atoms with Crippen LogP contribution in [0.1, 0.15) is 33.2 Å². The van der Waals surface area contributed by atoms with E-state index in [1.807, 2.05) is 23.5 Å². The van der Waals surface area contributed by atoms with Gasteiger partial charge in [-0.1, -0.05) is 118 Å². The number of nitrogens with zero attached hydrogens (tertiary/aromatic N) is 2. The molecule has 6 heteroatoms. The topological polar surface area (TPSA) is 19.6 Å². The van der Waals surface area contributed by atoms with Crippen molar-refractivity contribution in [3.05, 3.63) is 175 Å². The fraction of sp³-hybridized carbons (Fsp3) is 0.0769. The number of hydrogen-bond donors (Lipinski definition) is 0. The van der Waals surface area contributed by atoms with Crippen LogP contribution in [-0.4, -0.2) is 6.71 Å². The molecule has 0 radical (unpaired) electrons. The number of para-hydroxylation sites is 1. The molecule has 2 aliphatic heterocycles. The zero-order valence-corrected chi connectivity index (χ0v) is 33.6. The number of anilines is 6. The molecule has 0 unspecified atom stereocenters. The Morgan fingerprint density at radius 3 is 2.26 bits per heavy atom. The average molecular weight is 786 g/mol. The van der Waals surface area contributed by atoms with Crippen molar-refractivity contribution in [1.29, 1.82) is 0 Å². The summed E-state index contributed by atoms with van der Waals surface area (Å²) in [7, 11) is 0. The second-order valence-corrected chi connectivity index (χ2v) is 18.2. The van der Waals surface area contributed by atoms with E-state index in [1.54, 1.807) is 17.6 Å². The Labute approximate surface area is 353 Å². The van der Waals surface area contributed by atoms with Crippen LogP contribution < -0.4 is 25.5 Å². The molecule has 0 aliphatic carbocycles. The molecule has 0 fully saturated rings. The highest BCUT2D eigenvalue weighted by Crippen LogP contribution is 2.52. The van der Waals surface area contributed by atoms with Gasteiger partial charge in [-0.25, -0.2) is 0 Å². The minimum atomic E-state index is -0.419. The van der Waals surface area contributed by atoms with E-state index in [2.05, 4.69) is 151 Å². The van der Waals surface area contributed by atoms with Crippen LogP contribution in [0.3, 0.4) is 0 Å². The number of benzene rings is 7. The van der Waals surface area contributed by atoms with Crippen molar-refractivity contribution in [2.24, 2.45) is 0 Å². The molecule has 0 N–H and O–H groups in total. The first-order valence-electron chi connectivity index (χ1n) is 22.0. The van der Waals surface area contributed by atoms with Crippen LogP contribution >= 0.6 is 22.7 Å². The van der Waals surface area contributed by atoms with Crippen LogP contribution in [0, 0.1) is 0 Å². The maximum atomic E-state index is 9.29. The van der Waals surface area contributed by atoms with E-state index in [0.29, 0.717) is 5.56 Å². The molecule has 3 nitrogen and oxygen atoms in total. The van der Waals surface area contributed by atoms with Gasteiger partial charge in [0.1, 0.15) is 0 Å². The van der Waals surface area contributed by atoms with E-state index < -0.39 is 6.04 Å². The van der Waals surface area contributed by atoms with Crippen molar-refractivity contribution in [3.63, 3.8) is 0 Å². The molecule has 0 bridgehead atoms. The number of furan rings is 1. The van der Waals surface area contributed by atoms with Gasteiger partial charge in [0.05, 0.1) is 30.2 Å². The molecular formula is C52H37BN2OS2. The Hall–Kier alpha value is -6.34. The van der Waals surface area contributed by atoms with Gasteiger partial charge in [0.25, 0.3) is 6.71 Å². The monoisotopic (exact) mass is 785 g/mol. The molecule has 3 aromatic heterocycles. The van der Waals surface area contributed by atoms with Gasteiger partial charge < -0.3 is 14.2 Å². The van der Waals surface area contributed by atoms with Crippen molar-refractivity contribution in [1.82, 2.24) is 0 Å². The summed E-state index contributed by atoms with van der Waals surface area (Å²) in [6.45, 7) is 6.57. The summed E-state index contributed by atoms with van der Waals surface area (Å²) in [6, 6.07) is 43.4. The maximum Gasteiger partial charge on any atom is 0.264 e. The number of rotatable bonds is 4. The van der Waals surface area contributed by atoms with Crippen LogP contribution in [-0.2, 0) is 5.41 Å². The number of fused-ring (bicyclic) bond motifs is 8. The van der Waals surface area contributed by atoms with Gasteiger partial charge in [-0.05, 0) is 110 Å². The zero-order chi connectivity index (χ0) is 43.1. The predicted octanol–water partition coefficient (Wildman–Crippen LogP) is 13.6. The summed E-state index contributed by atoms with van der Waals surface area (Å²) in [6.07, 6.45) is 1.73. The Morgan fingerprint density at radius 1 is 0.603 bits per heavy atom. The van der Waals surface area contributed by atoms with Gasteiger partial charge in [-0.2, -0.15) is 0 Å². The van der Waals surface area contributed by atoms with Crippen LogP contribution in [0.5, 0.6) is 0 Å². The van der Waals surface area contributed by atoms with Crippen LogP contribution in [0.4, 0.5) is 34.1 Å². The summed E-state index contributed by atoms with van der Waals surface area (Å²) in [5.74, 6) is 0. The van der Waals surface area contributed by atoms with Crippen molar-refractivity contribution in [2.75, 3.05) is 9.80 Å². The standard InChI is InChI=1S/C52H37BN2OS2/c1-52(2,3)37-21-22-42-40(31-37)53-48-44(54(42)41-17-11-19-46-38(41)25-27-57-46)29-36(33-14-8-5-9-15-33)30-45(48)55(43-18-10-16-34-24-26-56-50(34)43)49-39-28-35(32-12-6-4-7-13-32)20-23-47(39)58-51(49)53/h4-31H,1-3H3/i5D,8D,9D,14D,15D. The first kappa shape index (κ1) is 29.0. The number of hydrogen-bond acceptors (Lipinski definition) is 5. The lowest BCUT2D eigenvalue weighted by Crippen LogP contribution is -2.60. The lowest BCUT2D eigenvalue weighted by Gasteiger charge is -2.44. The summed E-state index contributed by atoms with van der Waals surface area (Å²) < 4.78 is 54.6. The lowest BCUT2D eigenvalue weighted by atomic mass is 9.36. The molecule has 5 heterocycles. The van der Waals surface area contributed by atoms with Gasteiger partial charge in [-0.3, -0.25) is 0 Å². The summed E-state index contributed by atoms with van der Waals surface area (Å²) >= 11 is 3.52. The molecule has 7 aromatic carbocycles. The predicted molar refractivity (Wildman–Crippen MR) is 251 cm³/mol. The molecule has 10 aromatic rings. The Morgan fingerprint density at radius 2 is 1.41 bits per heavy atom. The minimum absolute atomic E-state index is 0.135. The Bertz CT molecular complexity index is 3520. The van der Waals surface area contributed by atoms with Crippen molar-refractivity contribution < 1.29 is 11.3 Å². The van der Waals surface area contributed by atoms with E-state index in [4.69, 9.17) is 8.53 Å². The summed E-state index contributed by atoms with van der Waals surface area (Å²) in [5, 5.41) is 5.29. The Balaban J connectivity index is 1.28. The maximum absolute atomic E-state index is 9.29. The highest BCUT2D eigenvalue weighted by molar-refractivity contribution is 7.33. The molecule has 0 amide bonds. The van der Waals surface area contributed by atoms with Crippen molar-refractivity contribution in [2.45, 2.75) is 26.2 Å². The quantitative estimate of drug-likeness (QED) is 0.166. The van der Waals surface area contributed by atoms with E-state index >= 15 is 0 Å². The Kier molecular flexibility index (Phi) is 6.28. The third-order valence-corrected chi connectivity index (χ3v) is 13.9. The van der Waals surface area contributed by atoms with E-state index in [-0.39, 0.29) is 41.9 Å². The van der Waals surface area contributed by atoms with Crippen LogP contribution in [0.2, 0.25) is 0 Å². The normalized spacial score (nSPS) is 14.5. The largest absolute Gasteiger partial charge is 0.462 e. The molecule has 2 aliphatic rings. The van der Waals surface area contributed by atoms with Crippen LogP contribution in [0.15, 0.2) is 174 Å². The molecule has 12 rings (SSSR count). The van der Waals surface area contributed by atoms with Crippen molar-refractivity contribution >= 4 is 110 Å². The van der Waals surface area contributed by atoms with Gasteiger partial charge in [0.2, 0.25) is 0 Å². The summed E-state index contributed by atoms with van der Waals surface area (Å²) in [5.41, 5.74) is 12.7. The smallest absolute Gasteiger partial charge is 0.264 e. The van der Waals surface area contributed by atoms with E-state index in [0.717, 1.165) is 81.9 Å². The van der Waals surface area contributed by atoms with Gasteiger partial charge in [0, 0.05) is 47.4 Å². The fourth-order valence-corrected chi connectivity index (χ4v) is 11.2. The summed E-state index contributed by atoms with van der Waals surface area (Å²) in [4.78, 5) is 4.67. The van der Waals surface area contributed by atoms with E-state index in [1.165, 1.54) is 15.8 Å². The molecule has 58 heavy (non-hydrogen) atoms. The highest BCUT2D eigenvalue weighted by atomic mass is 32.1. The minimum Gasteiger partial charge on any atom is -0.462 e. The van der Waals surface area contributed by atoms with E-state index in [9.17, 15) is 2.74 Å². The molecule has 0 saturated heterocycles. The second-order valence-electron chi connectivity index (χ2n) is 16.2. The van der Waals surface area contributed by atoms with Gasteiger partial charge >= 0.3 is 0 Å². The van der Waals surface area contributed by atoms with Gasteiger partial charge in [0.15, 0.2) is 5.58 Å². The number of thiophene rings is 2. The molecule has 0 atom stereocenters. The molecule has 276 valence electrons.